The van der Waals surface area contributed by atoms with Gasteiger partial charge in [0.05, 0.1) is 0 Å². The van der Waals surface area contributed by atoms with Crippen LogP contribution in [0.25, 0.3) is 0 Å². The average molecular weight is 298 g/mol. The summed E-state index contributed by atoms with van der Waals surface area (Å²) >= 11 is 0. The van der Waals surface area contributed by atoms with Gasteiger partial charge in [-0.25, -0.2) is 0 Å². The largest absolute Gasteiger partial charge is 0.371 e. The predicted octanol–water partition coefficient (Wildman–Crippen LogP) is 2.78. The molecule has 3 N–H and O–H groups in total. The van der Waals surface area contributed by atoms with Gasteiger partial charge in [0.25, 0.3) is 0 Å². The zero-order valence-electron chi connectivity index (χ0n) is 11.8. The molecule has 1 amide bonds. The summed E-state index contributed by atoms with van der Waals surface area (Å²) in [5.41, 5.74) is 7.44. The number of amides is 1. The molecule has 0 atom stereocenters. The van der Waals surface area contributed by atoms with E-state index in [0.29, 0.717) is 13.0 Å². The third-order valence-electron chi connectivity index (χ3n) is 3.47. The minimum Gasteiger partial charge on any atom is -0.371 e. The molecule has 1 aromatic carbocycles. The molecule has 1 heterocycles. The van der Waals surface area contributed by atoms with Crippen LogP contribution in [-0.4, -0.2) is 25.5 Å². The number of anilines is 2. The number of halogens is 1. The standard InChI is InChI=1S/C15H23N3O.ClH/c16-9-8-15(19)17-13-6-5-7-14(12-13)18-10-3-1-2-4-11-18;/h5-7,12H,1-4,8-11,16H2,(H,17,19);1H. The number of carbonyl (C=O) groups is 1. The number of benzene rings is 1. The van der Waals surface area contributed by atoms with E-state index in [1.807, 2.05) is 12.1 Å². The molecule has 5 heteroatoms. The molecule has 1 aliphatic rings. The molecule has 2 rings (SSSR count). The van der Waals surface area contributed by atoms with Gasteiger partial charge in [0.15, 0.2) is 0 Å². The van der Waals surface area contributed by atoms with Crippen molar-refractivity contribution in [2.45, 2.75) is 32.1 Å². The first-order valence-electron chi connectivity index (χ1n) is 7.14. The van der Waals surface area contributed by atoms with Crippen LogP contribution < -0.4 is 16.0 Å². The van der Waals surface area contributed by atoms with Crippen LogP contribution in [0.15, 0.2) is 24.3 Å². The number of rotatable bonds is 4. The Labute approximate surface area is 127 Å². The smallest absolute Gasteiger partial charge is 0.225 e. The van der Waals surface area contributed by atoms with E-state index < -0.39 is 0 Å². The fourth-order valence-electron chi connectivity index (χ4n) is 2.46. The molecule has 1 fully saturated rings. The molecule has 0 radical (unpaired) electrons. The third-order valence-corrected chi connectivity index (χ3v) is 3.47. The van der Waals surface area contributed by atoms with Crippen LogP contribution in [0.3, 0.4) is 0 Å². The number of hydrogen-bond donors (Lipinski definition) is 2. The van der Waals surface area contributed by atoms with Crippen molar-refractivity contribution in [3.63, 3.8) is 0 Å². The van der Waals surface area contributed by atoms with Gasteiger partial charge in [-0.1, -0.05) is 18.9 Å². The number of nitrogens with zero attached hydrogens (tertiary/aromatic N) is 1. The number of hydrogen-bond acceptors (Lipinski definition) is 3. The van der Waals surface area contributed by atoms with Crippen LogP contribution in [0.4, 0.5) is 11.4 Å². The molecule has 1 aromatic rings. The van der Waals surface area contributed by atoms with Crippen LogP contribution in [0.1, 0.15) is 32.1 Å². The maximum Gasteiger partial charge on any atom is 0.225 e. The Balaban J connectivity index is 0.00000200. The third kappa shape index (κ3) is 5.02. The lowest BCUT2D eigenvalue weighted by Crippen LogP contribution is -2.24. The summed E-state index contributed by atoms with van der Waals surface area (Å²) in [4.78, 5) is 14.0. The fourth-order valence-corrected chi connectivity index (χ4v) is 2.46. The molecule has 0 saturated carbocycles. The van der Waals surface area contributed by atoms with Crippen LogP contribution in [0, 0.1) is 0 Å². The van der Waals surface area contributed by atoms with Crippen LogP contribution in [0.5, 0.6) is 0 Å². The van der Waals surface area contributed by atoms with E-state index in [1.54, 1.807) is 0 Å². The van der Waals surface area contributed by atoms with Crippen molar-refractivity contribution in [2.24, 2.45) is 5.73 Å². The molecular weight excluding hydrogens is 274 g/mol. The van der Waals surface area contributed by atoms with E-state index in [0.717, 1.165) is 18.8 Å². The highest BCUT2D eigenvalue weighted by Crippen LogP contribution is 2.22. The second kappa shape index (κ2) is 8.82. The van der Waals surface area contributed by atoms with Crippen molar-refractivity contribution in [3.05, 3.63) is 24.3 Å². The first-order valence-corrected chi connectivity index (χ1v) is 7.14. The topological polar surface area (TPSA) is 58.4 Å². The lowest BCUT2D eigenvalue weighted by molar-refractivity contribution is -0.116. The molecule has 112 valence electrons. The highest BCUT2D eigenvalue weighted by molar-refractivity contribution is 5.91. The number of nitrogens with two attached hydrogens (primary N) is 1. The van der Waals surface area contributed by atoms with Gasteiger partial charge in [-0.05, 0) is 31.0 Å². The summed E-state index contributed by atoms with van der Waals surface area (Å²) in [6.45, 7) is 2.61. The Kier molecular flexibility index (Phi) is 7.41. The average Bonchev–Trinajstić information content (AvgIpc) is 2.68. The van der Waals surface area contributed by atoms with E-state index in [4.69, 9.17) is 5.73 Å². The highest BCUT2D eigenvalue weighted by Gasteiger charge is 2.10. The summed E-state index contributed by atoms with van der Waals surface area (Å²) in [7, 11) is 0. The van der Waals surface area contributed by atoms with Gasteiger partial charge < -0.3 is 16.0 Å². The molecule has 0 aliphatic carbocycles. The van der Waals surface area contributed by atoms with Crippen molar-refractivity contribution in [2.75, 3.05) is 29.9 Å². The Morgan fingerprint density at radius 1 is 1.20 bits per heavy atom. The van der Waals surface area contributed by atoms with E-state index >= 15 is 0 Å². The normalized spacial score (nSPS) is 15.2. The maximum absolute atomic E-state index is 11.6. The van der Waals surface area contributed by atoms with Crippen LogP contribution in [0.2, 0.25) is 0 Å². The monoisotopic (exact) mass is 297 g/mol. The minimum absolute atomic E-state index is 0. The molecule has 1 saturated heterocycles. The summed E-state index contributed by atoms with van der Waals surface area (Å²) in [5.74, 6) is -0.0180. The first kappa shape index (κ1) is 16.8. The summed E-state index contributed by atoms with van der Waals surface area (Å²) in [6, 6.07) is 8.09. The van der Waals surface area contributed by atoms with Gasteiger partial charge in [-0.2, -0.15) is 0 Å². The highest BCUT2D eigenvalue weighted by atomic mass is 35.5. The second-order valence-electron chi connectivity index (χ2n) is 5.04. The first-order chi connectivity index (χ1) is 9.29. The van der Waals surface area contributed by atoms with Gasteiger partial charge >= 0.3 is 0 Å². The molecule has 20 heavy (non-hydrogen) atoms. The molecule has 4 nitrogen and oxygen atoms in total. The molecule has 1 aliphatic heterocycles. The predicted molar refractivity (Wildman–Crippen MR) is 86.7 cm³/mol. The quantitative estimate of drug-likeness (QED) is 0.898. The summed E-state index contributed by atoms with van der Waals surface area (Å²) in [5, 5.41) is 2.89. The zero-order chi connectivity index (χ0) is 13.5. The van der Waals surface area contributed by atoms with Crippen LogP contribution in [-0.2, 0) is 4.79 Å². The SMILES string of the molecule is Cl.NCCC(=O)Nc1cccc(N2CCCCCC2)c1. The summed E-state index contributed by atoms with van der Waals surface area (Å²) in [6.07, 6.45) is 5.52. The molecule has 0 spiro atoms. The molecule has 0 unspecified atom stereocenters. The number of carbonyl (C=O) groups excluding carboxylic acids is 1. The Morgan fingerprint density at radius 3 is 2.55 bits per heavy atom. The minimum atomic E-state index is -0.0180. The Morgan fingerprint density at radius 2 is 1.90 bits per heavy atom. The molecular formula is C15H24ClN3O. The van der Waals surface area contributed by atoms with Crippen molar-refractivity contribution < 1.29 is 4.79 Å². The van der Waals surface area contributed by atoms with E-state index in [2.05, 4.69) is 22.3 Å². The van der Waals surface area contributed by atoms with Crippen molar-refractivity contribution >= 4 is 29.7 Å². The van der Waals surface area contributed by atoms with Gasteiger partial charge in [0.2, 0.25) is 5.91 Å². The molecule has 0 bridgehead atoms. The maximum atomic E-state index is 11.6. The summed E-state index contributed by atoms with van der Waals surface area (Å²) < 4.78 is 0. The second-order valence-corrected chi connectivity index (χ2v) is 5.04. The van der Waals surface area contributed by atoms with Gasteiger partial charge in [0, 0.05) is 37.4 Å². The van der Waals surface area contributed by atoms with Crippen molar-refractivity contribution in [1.29, 1.82) is 0 Å². The number of nitrogens with one attached hydrogen (secondary N) is 1. The lowest BCUT2D eigenvalue weighted by Gasteiger charge is -2.23. The fraction of sp³-hybridized carbons (Fsp3) is 0.533. The van der Waals surface area contributed by atoms with Crippen molar-refractivity contribution in [1.82, 2.24) is 0 Å². The van der Waals surface area contributed by atoms with Gasteiger partial charge in [0.1, 0.15) is 0 Å². The zero-order valence-corrected chi connectivity index (χ0v) is 12.6. The van der Waals surface area contributed by atoms with Gasteiger partial charge in [-0.3, -0.25) is 4.79 Å². The van der Waals surface area contributed by atoms with Crippen LogP contribution >= 0.6 is 12.4 Å². The Hall–Kier alpha value is -1.26. The lowest BCUT2D eigenvalue weighted by atomic mass is 10.2. The van der Waals surface area contributed by atoms with Crippen molar-refractivity contribution in [3.8, 4) is 0 Å². The van der Waals surface area contributed by atoms with E-state index in [9.17, 15) is 4.79 Å². The Bertz CT molecular complexity index is 417. The van der Waals surface area contributed by atoms with Gasteiger partial charge in [-0.15, -0.1) is 12.4 Å². The van der Waals surface area contributed by atoms with E-state index in [1.165, 1.54) is 31.4 Å². The van der Waals surface area contributed by atoms with E-state index in [-0.39, 0.29) is 18.3 Å². The molecule has 0 aromatic heterocycles.